The Labute approximate surface area is 167 Å². The van der Waals surface area contributed by atoms with Gasteiger partial charge in [0.1, 0.15) is 13.2 Å². The summed E-state index contributed by atoms with van der Waals surface area (Å²) >= 11 is 0. The number of halogens is 1. The van der Waals surface area contributed by atoms with Gasteiger partial charge in [-0.3, -0.25) is 9.69 Å². The Hall–Kier alpha value is -2.69. The normalized spacial score (nSPS) is 24.8. The zero-order valence-electron chi connectivity index (χ0n) is 16.1. The first-order chi connectivity index (χ1) is 14.0. The van der Waals surface area contributed by atoms with Gasteiger partial charge >= 0.3 is 6.09 Å². The van der Waals surface area contributed by atoms with Gasteiger partial charge in [0.05, 0.1) is 24.9 Å². The van der Waals surface area contributed by atoms with Crippen LogP contribution < -0.4 is 15.1 Å². The summed E-state index contributed by atoms with van der Waals surface area (Å²) in [6.07, 6.45) is 2.37. The number of nitrogens with one attached hydrogen (secondary N) is 1. The van der Waals surface area contributed by atoms with E-state index < -0.39 is 24.1 Å². The Kier molecular flexibility index (Phi) is 5.65. The van der Waals surface area contributed by atoms with Crippen LogP contribution >= 0.6 is 0 Å². The molecule has 1 aromatic heterocycles. The minimum absolute atomic E-state index is 0.117. The fraction of sp³-hybridized carbons (Fsp3) is 0.667. The highest BCUT2D eigenvalue weighted by atomic mass is 19.1. The fourth-order valence-electron chi connectivity index (χ4n) is 3.91. The largest absolute Gasteiger partial charge is 0.448 e. The van der Waals surface area contributed by atoms with Crippen LogP contribution in [0.4, 0.5) is 21.0 Å². The number of piperidine rings is 1. The van der Waals surface area contributed by atoms with E-state index in [0.29, 0.717) is 37.8 Å². The van der Waals surface area contributed by atoms with Crippen LogP contribution in [0.15, 0.2) is 6.20 Å². The highest BCUT2D eigenvalue weighted by Crippen LogP contribution is 2.24. The number of cyclic esters (lactones) is 1. The van der Waals surface area contributed by atoms with E-state index in [1.807, 2.05) is 9.80 Å². The van der Waals surface area contributed by atoms with Crippen molar-refractivity contribution < 1.29 is 23.8 Å². The number of carbonyl (C=O) groups is 2. The summed E-state index contributed by atoms with van der Waals surface area (Å²) < 4.78 is 19.0. The molecule has 2 amide bonds. The molecule has 3 fully saturated rings. The highest BCUT2D eigenvalue weighted by Gasteiger charge is 2.32. The number of ether oxygens (including phenoxy) is 1. The molecule has 4 rings (SSSR count). The Morgan fingerprint density at radius 3 is 2.79 bits per heavy atom. The molecule has 2 atom stereocenters. The SMILES string of the molecule is O=C(CN1CCOC1=O)N[C@@H]1CN(c2ncc(F)c(N3CCCC3)n2)CC[C@@H]1O. The van der Waals surface area contributed by atoms with Gasteiger partial charge in [0.25, 0.3) is 0 Å². The smallest absolute Gasteiger partial charge is 0.410 e. The van der Waals surface area contributed by atoms with Crippen molar-refractivity contribution in [2.24, 2.45) is 0 Å². The molecule has 0 radical (unpaired) electrons. The molecule has 10 nitrogen and oxygen atoms in total. The molecule has 29 heavy (non-hydrogen) atoms. The second-order valence-corrected chi connectivity index (χ2v) is 7.55. The maximum Gasteiger partial charge on any atom is 0.410 e. The molecule has 0 bridgehead atoms. The molecule has 0 aliphatic carbocycles. The predicted molar refractivity (Wildman–Crippen MR) is 101 cm³/mol. The van der Waals surface area contributed by atoms with Crippen molar-refractivity contribution in [2.75, 3.05) is 55.7 Å². The van der Waals surface area contributed by atoms with Crippen molar-refractivity contribution in [2.45, 2.75) is 31.4 Å². The van der Waals surface area contributed by atoms with Crippen molar-refractivity contribution in [1.29, 1.82) is 0 Å². The Morgan fingerprint density at radius 1 is 1.28 bits per heavy atom. The summed E-state index contributed by atoms with van der Waals surface area (Å²) in [6, 6.07) is -0.543. The van der Waals surface area contributed by atoms with Gasteiger partial charge < -0.3 is 25.0 Å². The van der Waals surface area contributed by atoms with Crippen molar-refractivity contribution in [3.63, 3.8) is 0 Å². The van der Waals surface area contributed by atoms with E-state index in [9.17, 15) is 19.1 Å². The van der Waals surface area contributed by atoms with Gasteiger partial charge in [-0.25, -0.2) is 14.2 Å². The monoisotopic (exact) mass is 408 g/mol. The average Bonchev–Trinajstić information content (AvgIpc) is 3.36. The lowest BCUT2D eigenvalue weighted by molar-refractivity contribution is -0.123. The summed E-state index contributed by atoms with van der Waals surface area (Å²) in [7, 11) is 0. The Morgan fingerprint density at radius 2 is 2.07 bits per heavy atom. The van der Waals surface area contributed by atoms with Crippen LogP contribution in [0.3, 0.4) is 0 Å². The van der Waals surface area contributed by atoms with E-state index in [1.54, 1.807) is 0 Å². The maximum atomic E-state index is 14.2. The van der Waals surface area contributed by atoms with Gasteiger partial charge in [-0.1, -0.05) is 0 Å². The number of carbonyl (C=O) groups excluding carboxylic acids is 2. The quantitative estimate of drug-likeness (QED) is 0.685. The molecule has 3 aliphatic heterocycles. The van der Waals surface area contributed by atoms with Crippen LogP contribution in [0.5, 0.6) is 0 Å². The molecule has 0 saturated carbocycles. The van der Waals surface area contributed by atoms with Crippen molar-refractivity contribution in [3.05, 3.63) is 12.0 Å². The first kappa shape index (κ1) is 19.6. The van der Waals surface area contributed by atoms with Crippen LogP contribution in [0, 0.1) is 5.82 Å². The molecular weight excluding hydrogens is 383 g/mol. The molecule has 2 N–H and O–H groups in total. The summed E-state index contributed by atoms with van der Waals surface area (Å²) in [5.74, 6) is -0.142. The number of nitrogens with zero attached hydrogens (tertiary/aromatic N) is 5. The van der Waals surface area contributed by atoms with E-state index in [1.165, 1.54) is 11.1 Å². The van der Waals surface area contributed by atoms with Crippen LogP contribution in [0.25, 0.3) is 0 Å². The number of aromatic nitrogens is 2. The molecule has 1 aromatic rings. The molecule has 11 heteroatoms. The molecule has 4 heterocycles. The number of aliphatic hydroxyl groups is 1. The zero-order chi connectivity index (χ0) is 20.4. The second-order valence-electron chi connectivity index (χ2n) is 7.55. The van der Waals surface area contributed by atoms with E-state index in [-0.39, 0.29) is 19.1 Å². The number of hydrogen-bond donors (Lipinski definition) is 2. The first-order valence-electron chi connectivity index (χ1n) is 9.93. The minimum atomic E-state index is -0.723. The number of anilines is 2. The van der Waals surface area contributed by atoms with Crippen molar-refractivity contribution >= 4 is 23.8 Å². The lowest BCUT2D eigenvalue weighted by atomic mass is 10.0. The second kappa shape index (κ2) is 8.36. The summed E-state index contributed by atoms with van der Waals surface area (Å²) in [4.78, 5) is 37.4. The van der Waals surface area contributed by atoms with Crippen molar-refractivity contribution in [1.82, 2.24) is 20.2 Å². The average molecular weight is 408 g/mol. The molecule has 3 aliphatic rings. The van der Waals surface area contributed by atoms with Gasteiger partial charge in [-0.05, 0) is 19.3 Å². The van der Waals surface area contributed by atoms with Gasteiger partial charge in [-0.2, -0.15) is 4.98 Å². The summed E-state index contributed by atoms with van der Waals surface area (Å²) in [5, 5.41) is 13.1. The zero-order valence-corrected chi connectivity index (χ0v) is 16.1. The van der Waals surface area contributed by atoms with Crippen LogP contribution in [0.1, 0.15) is 19.3 Å². The first-order valence-corrected chi connectivity index (χ1v) is 9.93. The van der Waals surface area contributed by atoms with Crippen LogP contribution in [-0.4, -0.2) is 90.0 Å². The summed E-state index contributed by atoms with van der Waals surface area (Å²) in [5.41, 5.74) is 0. The van der Waals surface area contributed by atoms with Crippen LogP contribution in [0.2, 0.25) is 0 Å². The maximum absolute atomic E-state index is 14.2. The highest BCUT2D eigenvalue weighted by molar-refractivity contribution is 5.83. The van der Waals surface area contributed by atoms with Crippen LogP contribution in [-0.2, 0) is 9.53 Å². The van der Waals surface area contributed by atoms with Gasteiger partial charge in [0.15, 0.2) is 11.6 Å². The molecule has 0 unspecified atom stereocenters. The predicted octanol–water partition coefficient (Wildman–Crippen LogP) is -0.276. The topological polar surface area (TPSA) is 111 Å². The van der Waals surface area contributed by atoms with E-state index >= 15 is 0 Å². The lowest BCUT2D eigenvalue weighted by Gasteiger charge is -2.37. The van der Waals surface area contributed by atoms with E-state index in [2.05, 4.69) is 15.3 Å². The Bertz CT molecular complexity index is 775. The van der Waals surface area contributed by atoms with Crippen molar-refractivity contribution in [3.8, 4) is 0 Å². The number of rotatable bonds is 5. The van der Waals surface area contributed by atoms with Gasteiger partial charge in [-0.15, -0.1) is 0 Å². The van der Waals surface area contributed by atoms with Gasteiger partial charge in [0.2, 0.25) is 11.9 Å². The van der Waals surface area contributed by atoms with Gasteiger partial charge in [0, 0.05) is 26.2 Å². The fourth-order valence-corrected chi connectivity index (χ4v) is 3.91. The number of amides is 2. The molecule has 0 aromatic carbocycles. The third-order valence-electron chi connectivity index (χ3n) is 5.50. The molecule has 3 saturated heterocycles. The van der Waals surface area contributed by atoms with E-state index in [4.69, 9.17) is 4.74 Å². The Balaban J connectivity index is 1.41. The third-order valence-corrected chi connectivity index (χ3v) is 5.50. The third kappa shape index (κ3) is 4.34. The number of hydrogen-bond acceptors (Lipinski definition) is 8. The standard InChI is InChI=1S/C18H25FN6O4/c19-12-9-20-17(22-16(12)23-4-1-2-5-23)24-6-3-14(26)13(10-24)21-15(27)11-25-7-8-29-18(25)28/h9,13-14,26H,1-8,10-11H2,(H,21,27)/t13-,14+/m1/s1. The molecular formula is C18H25FN6O4. The molecule has 0 spiro atoms. The number of aliphatic hydroxyl groups excluding tert-OH is 1. The minimum Gasteiger partial charge on any atom is -0.448 e. The summed E-state index contributed by atoms with van der Waals surface area (Å²) in [6.45, 7) is 2.85. The lowest BCUT2D eigenvalue weighted by Crippen LogP contribution is -2.57. The molecule has 158 valence electrons. The van der Waals surface area contributed by atoms with E-state index in [0.717, 1.165) is 25.9 Å².